The summed E-state index contributed by atoms with van der Waals surface area (Å²) in [5.74, 6) is 3.27. The molecule has 2 rings (SSSR count). The lowest BCUT2D eigenvalue weighted by Gasteiger charge is -2.27. The van der Waals surface area contributed by atoms with Crippen LogP contribution in [0.15, 0.2) is 24.3 Å². The molecule has 0 radical (unpaired) electrons. The molecule has 112 valence electrons. The molecule has 1 aliphatic carbocycles. The molecule has 20 heavy (non-hydrogen) atoms. The molecule has 0 saturated heterocycles. The number of hydrogen-bond donors (Lipinski definition) is 1. The van der Waals surface area contributed by atoms with Crippen molar-refractivity contribution in [2.24, 2.45) is 17.8 Å². The maximum Gasteiger partial charge on any atom is 0.121 e. The van der Waals surface area contributed by atoms with Crippen molar-refractivity contribution in [3.8, 4) is 5.75 Å². The van der Waals surface area contributed by atoms with Gasteiger partial charge in [-0.3, -0.25) is 0 Å². The number of ether oxygens (including phenoxy) is 1. The van der Waals surface area contributed by atoms with Gasteiger partial charge in [0.2, 0.25) is 0 Å². The van der Waals surface area contributed by atoms with Gasteiger partial charge in [-0.1, -0.05) is 39.7 Å². The number of benzene rings is 1. The van der Waals surface area contributed by atoms with Crippen LogP contribution in [0.2, 0.25) is 0 Å². The molecule has 1 aliphatic rings. The van der Waals surface area contributed by atoms with Crippen LogP contribution in [0.25, 0.3) is 0 Å². The first-order valence-corrected chi connectivity index (χ1v) is 8.10. The van der Waals surface area contributed by atoms with E-state index < -0.39 is 0 Å². The molecule has 2 unspecified atom stereocenters. The monoisotopic (exact) mass is 275 g/mol. The standard InChI is InChI=1S/C18H29NO/c1-14(2)13-20-18-9-5-8-17(11-18)19-12-16-7-4-6-15(3)10-16/h5,8-9,11,14-16,19H,4,6-7,10,12-13H2,1-3H3. The Hall–Kier alpha value is -1.18. The molecule has 0 heterocycles. The first-order valence-electron chi connectivity index (χ1n) is 8.10. The third-order valence-electron chi connectivity index (χ3n) is 4.06. The molecule has 1 aromatic rings. The highest BCUT2D eigenvalue weighted by Crippen LogP contribution is 2.29. The van der Waals surface area contributed by atoms with Gasteiger partial charge in [0.1, 0.15) is 5.75 Å². The molecule has 1 aromatic carbocycles. The fraction of sp³-hybridized carbons (Fsp3) is 0.667. The van der Waals surface area contributed by atoms with Gasteiger partial charge in [0.05, 0.1) is 6.61 Å². The summed E-state index contributed by atoms with van der Waals surface area (Å²) in [7, 11) is 0. The topological polar surface area (TPSA) is 21.3 Å². The molecule has 0 bridgehead atoms. The lowest BCUT2D eigenvalue weighted by Crippen LogP contribution is -2.21. The zero-order chi connectivity index (χ0) is 14.4. The molecule has 1 fully saturated rings. The van der Waals surface area contributed by atoms with Gasteiger partial charge in [-0.25, -0.2) is 0 Å². The Morgan fingerprint density at radius 3 is 2.90 bits per heavy atom. The summed E-state index contributed by atoms with van der Waals surface area (Å²) in [6.07, 6.45) is 5.55. The normalized spacial score (nSPS) is 22.8. The van der Waals surface area contributed by atoms with E-state index in [9.17, 15) is 0 Å². The fourth-order valence-electron chi connectivity index (χ4n) is 2.97. The average Bonchev–Trinajstić information content (AvgIpc) is 2.43. The van der Waals surface area contributed by atoms with Gasteiger partial charge < -0.3 is 10.1 Å². The van der Waals surface area contributed by atoms with Gasteiger partial charge in [-0.05, 0) is 42.7 Å². The van der Waals surface area contributed by atoms with Gasteiger partial charge in [0.25, 0.3) is 0 Å². The van der Waals surface area contributed by atoms with E-state index in [1.54, 1.807) is 0 Å². The van der Waals surface area contributed by atoms with E-state index in [0.29, 0.717) is 5.92 Å². The Morgan fingerprint density at radius 1 is 1.30 bits per heavy atom. The highest BCUT2D eigenvalue weighted by Gasteiger charge is 2.18. The third kappa shape index (κ3) is 5.07. The quantitative estimate of drug-likeness (QED) is 0.792. The first-order chi connectivity index (χ1) is 9.63. The summed E-state index contributed by atoms with van der Waals surface area (Å²) in [6.45, 7) is 8.60. The van der Waals surface area contributed by atoms with E-state index in [1.807, 2.05) is 6.07 Å². The van der Waals surface area contributed by atoms with Crippen molar-refractivity contribution in [1.29, 1.82) is 0 Å². The minimum atomic E-state index is 0.565. The van der Waals surface area contributed by atoms with Crippen molar-refractivity contribution in [2.75, 3.05) is 18.5 Å². The predicted octanol–water partition coefficient (Wildman–Crippen LogP) is 4.96. The molecule has 2 nitrogen and oxygen atoms in total. The van der Waals surface area contributed by atoms with E-state index in [4.69, 9.17) is 4.74 Å². The second kappa shape index (κ2) is 7.56. The van der Waals surface area contributed by atoms with E-state index in [2.05, 4.69) is 44.3 Å². The summed E-state index contributed by atoms with van der Waals surface area (Å²) < 4.78 is 5.78. The van der Waals surface area contributed by atoms with Gasteiger partial charge >= 0.3 is 0 Å². The zero-order valence-electron chi connectivity index (χ0n) is 13.2. The maximum absolute atomic E-state index is 5.78. The molecule has 1 N–H and O–H groups in total. The van der Waals surface area contributed by atoms with Crippen LogP contribution in [0.4, 0.5) is 5.69 Å². The van der Waals surface area contributed by atoms with Crippen molar-refractivity contribution in [3.63, 3.8) is 0 Å². The number of hydrogen-bond acceptors (Lipinski definition) is 2. The van der Waals surface area contributed by atoms with Crippen LogP contribution in [-0.2, 0) is 0 Å². The number of anilines is 1. The third-order valence-corrected chi connectivity index (χ3v) is 4.06. The van der Waals surface area contributed by atoms with E-state index in [0.717, 1.165) is 30.7 Å². The van der Waals surface area contributed by atoms with Crippen molar-refractivity contribution < 1.29 is 4.74 Å². The Balaban J connectivity index is 1.81. The zero-order valence-corrected chi connectivity index (χ0v) is 13.2. The van der Waals surface area contributed by atoms with Crippen LogP contribution < -0.4 is 10.1 Å². The molecule has 2 heteroatoms. The van der Waals surface area contributed by atoms with Crippen molar-refractivity contribution >= 4 is 5.69 Å². The molecule has 2 atom stereocenters. The Kier molecular flexibility index (Phi) is 5.75. The van der Waals surface area contributed by atoms with Crippen LogP contribution in [0.5, 0.6) is 5.75 Å². The number of rotatable bonds is 6. The van der Waals surface area contributed by atoms with Gasteiger partial charge in [-0.2, -0.15) is 0 Å². The minimum absolute atomic E-state index is 0.565. The molecule has 1 saturated carbocycles. The summed E-state index contributed by atoms with van der Waals surface area (Å²) in [4.78, 5) is 0. The van der Waals surface area contributed by atoms with Crippen LogP contribution >= 0.6 is 0 Å². The van der Waals surface area contributed by atoms with Crippen LogP contribution in [0, 0.1) is 17.8 Å². The SMILES string of the molecule is CC(C)COc1cccc(NCC2CCCC(C)C2)c1. The summed E-state index contributed by atoms with van der Waals surface area (Å²) in [5, 5.41) is 3.58. The maximum atomic E-state index is 5.78. The average molecular weight is 275 g/mol. The Morgan fingerprint density at radius 2 is 2.15 bits per heavy atom. The lowest BCUT2D eigenvalue weighted by atomic mass is 9.82. The summed E-state index contributed by atoms with van der Waals surface area (Å²) in [5.41, 5.74) is 1.18. The highest BCUT2D eigenvalue weighted by molar-refractivity contribution is 5.48. The van der Waals surface area contributed by atoms with Crippen LogP contribution in [0.1, 0.15) is 46.5 Å². The van der Waals surface area contributed by atoms with Crippen molar-refractivity contribution in [3.05, 3.63) is 24.3 Å². The Bertz CT molecular complexity index is 402. The second-order valence-electron chi connectivity index (χ2n) is 6.75. The molecule has 0 spiro atoms. The minimum Gasteiger partial charge on any atom is -0.493 e. The van der Waals surface area contributed by atoms with Crippen LogP contribution in [0.3, 0.4) is 0 Å². The molecule has 0 amide bonds. The highest BCUT2D eigenvalue weighted by atomic mass is 16.5. The molecular weight excluding hydrogens is 246 g/mol. The van der Waals surface area contributed by atoms with E-state index >= 15 is 0 Å². The van der Waals surface area contributed by atoms with Gasteiger partial charge in [-0.15, -0.1) is 0 Å². The van der Waals surface area contributed by atoms with Gasteiger partial charge in [0.15, 0.2) is 0 Å². The largest absolute Gasteiger partial charge is 0.493 e. The molecule has 0 aliphatic heterocycles. The fourth-order valence-corrected chi connectivity index (χ4v) is 2.97. The lowest BCUT2D eigenvalue weighted by molar-refractivity contribution is 0.271. The van der Waals surface area contributed by atoms with E-state index in [-0.39, 0.29) is 0 Å². The van der Waals surface area contributed by atoms with Crippen LogP contribution in [-0.4, -0.2) is 13.2 Å². The first kappa shape index (κ1) is 15.2. The smallest absolute Gasteiger partial charge is 0.121 e. The summed E-state index contributed by atoms with van der Waals surface area (Å²) in [6, 6.07) is 8.36. The van der Waals surface area contributed by atoms with Crippen molar-refractivity contribution in [2.45, 2.75) is 46.5 Å². The molecule has 0 aromatic heterocycles. The predicted molar refractivity (Wildman–Crippen MR) is 86.4 cm³/mol. The number of nitrogens with one attached hydrogen (secondary N) is 1. The molecular formula is C18H29NO. The van der Waals surface area contributed by atoms with Gasteiger partial charge in [0, 0.05) is 18.3 Å². The second-order valence-corrected chi connectivity index (χ2v) is 6.75. The Labute approximate surface area is 123 Å². The summed E-state index contributed by atoms with van der Waals surface area (Å²) >= 11 is 0. The van der Waals surface area contributed by atoms with Crippen molar-refractivity contribution in [1.82, 2.24) is 0 Å². The van der Waals surface area contributed by atoms with E-state index in [1.165, 1.54) is 31.4 Å².